The molecule has 0 rings (SSSR count). The average molecular weight is 213 g/mol. The summed E-state index contributed by atoms with van der Waals surface area (Å²) in [6.45, 7) is 11.7. The summed E-state index contributed by atoms with van der Waals surface area (Å²) in [6, 6.07) is 0. The van der Waals surface area contributed by atoms with Crippen LogP contribution in [-0.4, -0.2) is 13.1 Å². The van der Waals surface area contributed by atoms with Crippen molar-refractivity contribution in [1.29, 1.82) is 0 Å². The van der Waals surface area contributed by atoms with Crippen LogP contribution in [0.3, 0.4) is 0 Å². The highest BCUT2D eigenvalue weighted by molar-refractivity contribution is 4.66. The second-order valence-electron chi connectivity index (χ2n) is 4.99. The molecule has 0 amide bonds. The zero-order chi connectivity index (χ0) is 11.5. The van der Waals surface area contributed by atoms with Crippen molar-refractivity contribution in [2.75, 3.05) is 13.1 Å². The molecular weight excluding hydrogens is 182 g/mol. The maximum Gasteiger partial charge on any atom is -0.00204 e. The predicted molar refractivity (Wildman–Crippen MR) is 70.2 cm³/mol. The number of hydrogen-bond donors (Lipinski definition) is 1. The SMILES string of the molecule is CCCNCC(CCC)CC(C)CCC. The van der Waals surface area contributed by atoms with E-state index in [-0.39, 0.29) is 0 Å². The average Bonchev–Trinajstić information content (AvgIpc) is 2.18. The Bertz CT molecular complexity index is 123. The Labute approximate surface area is 97.0 Å². The Morgan fingerprint density at radius 2 is 1.60 bits per heavy atom. The van der Waals surface area contributed by atoms with Crippen LogP contribution in [0.5, 0.6) is 0 Å². The van der Waals surface area contributed by atoms with Gasteiger partial charge in [-0.1, -0.05) is 47.0 Å². The minimum atomic E-state index is 0.906. The first-order chi connectivity index (χ1) is 7.24. The maximum absolute atomic E-state index is 3.57. The van der Waals surface area contributed by atoms with Crippen LogP contribution in [0.25, 0.3) is 0 Å². The molecule has 0 aromatic heterocycles. The molecule has 0 aliphatic rings. The normalized spacial score (nSPS) is 15.2. The molecule has 0 aliphatic heterocycles. The molecule has 0 radical (unpaired) electrons. The van der Waals surface area contributed by atoms with E-state index >= 15 is 0 Å². The molecule has 1 N–H and O–H groups in total. The minimum absolute atomic E-state index is 0.906. The van der Waals surface area contributed by atoms with Gasteiger partial charge < -0.3 is 5.32 Å². The maximum atomic E-state index is 3.57. The molecule has 1 heteroatoms. The zero-order valence-corrected chi connectivity index (χ0v) is 11.3. The van der Waals surface area contributed by atoms with Crippen LogP contribution in [-0.2, 0) is 0 Å². The first kappa shape index (κ1) is 15.0. The molecular formula is C14H31N. The Morgan fingerprint density at radius 3 is 2.13 bits per heavy atom. The third-order valence-electron chi connectivity index (χ3n) is 3.07. The molecule has 0 saturated carbocycles. The summed E-state index contributed by atoms with van der Waals surface area (Å²) in [6.07, 6.45) is 8.13. The fourth-order valence-corrected chi connectivity index (χ4v) is 2.37. The summed E-state index contributed by atoms with van der Waals surface area (Å²) < 4.78 is 0. The van der Waals surface area contributed by atoms with E-state index in [0.717, 1.165) is 11.8 Å². The molecule has 0 aliphatic carbocycles. The van der Waals surface area contributed by atoms with E-state index in [2.05, 4.69) is 33.0 Å². The molecule has 0 heterocycles. The van der Waals surface area contributed by atoms with E-state index in [1.807, 2.05) is 0 Å². The van der Waals surface area contributed by atoms with Crippen molar-refractivity contribution >= 4 is 0 Å². The summed E-state index contributed by atoms with van der Waals surface area (Å²) in [5.41, 5.74) is 0. The standard InChI is InChI=1S/C14H31N/c1-5-8-13(4)11-14(9-6-2)12-15-10-7-3/h13-15H,5-12H2,1-4H3. The quantitative estimate of drug-likeness (QED) is 0.536. The Morgan fingerprint density at radius 1 is 0.933 bits per heavy atom. The van der Waals surface area contributed by atoms with Crippen molar-refractivity contribution in [3.05, 3.63) is 0 Å². The van der Waals surface area contributed by atoms with E-state index < -0.39 is 0 Å². The van der Waals surface area contributed by atoms with E-state index in [4.69, 9.17) is 0 Å². The highest BCUT2D eigenvalue weighted by atomic mass is 14.8. The fraction of sp³-hybridized carbons (Fsp3) is 1.00. The van der Waals surface area contributed by atoms with Crippen LogP contribution < -0.4 is 5.32 Å². The van der Waals surface area contributed by atoms with Gasteiger partial charge in [-0.2, -0.15) is 0 Å². The Kier molecular flexibility index (Phi) is 10.4. The Hall–Kier alpha value is -0.0400. The fourth-order valence-electron chi connectivity index (χ4n) is 2.37. The summed E-state index contributed by atoms with van der Waals surface area (Å²) >= 11 is 0. The topological polar surface area (TPSA) is 12.0 Å². The lowest BCUT2D eigenvalue weighted by Crippen LogP contribution is -2.24. The van der Waals surface area contributed by atoms with Crippen molar-refractivity contribution in [2.24, 2.45) is 11.8 Å². The monoisotopic (exact) mass is 213 g/mol. The molecule has 0 fully saturated rings. The van der Waals surface area contributed by atoms with Crippen molar-refractivity contribution in [2.45, 2.75) is 66.2 Å². The minimum Gasteiger partial charge on any atom is -0.316 e. The van der Waals surface area contributed by atoms with Gasteiger partial charge in [0.15, 0.2) is 0 Å². The van der Waals surface area contributed by atoms with Crippen molar-refractivity contribution in [3.8, 4) is 0 Å². The van der Waals surface area contributed by atoms with Gasteiger partial charge >= 0.3 is 0 Å². The first-order valence-electron chi connectivity index (χ1n) is 6.95. The molecule has 15 heavy (non-hydrogen) atoms. The molecule has 2 unspecified atom stereocenters. The lowest BCUT2D eigenvalue weighted by molar-refractivity contribution is 0.337. The van der Waals surface area contributed by atoms with Crippen LogP contribution in [0, 0.1) is 11.8 Å². The summed E-state index contributed by atoms with van der Waals surface area (Å²) in [4.78, 5) is 0. The van der Waals surface area contributed by atoms with Crippen LogP contribution >= 0.6 is 0 Å². The second kappa shape index (κ2) is 10.5. The van der Waals surface area contributed by atoms with Crippen molar-refractivity contribution < 1.29 is 0 Å². The molecule has 0 spiro atoms. The van der Waals surface area contributed by atoms with Gasteiger partial charge in [0.2, 0.25) is 0 Å². The molecule has 0 bridgehead atoms. The van der Waals surface area contributed by atoms with Crippen LogP contribution in [0.2, 0.25) is 0 Å². The second-order valence-corrected chi connectivity index (χ2v) is 4.99. The van der Waals surface area contributed by atoms with E-state index in [0.29, 0.717) is 0 Å². The highest BCUT2D eigenvalue weighted by Gasteiger charge is 2.11. The summed E-state index contributed by atoms with van der Waals surface area (Å²) in [5.74, 6) is 1.82. The summed E-state index contributed by atoms with van der Waals surface area (Å²) in [7, 11) is 0. The van der Waals surface area contributed by atoms with Gasteiger partial charge in [0.25, 0.3) is 0 Å². The van der Waals surface area contributed by atoms with Gasteiger partial charge in [-0.05, 0) is 44.2 Å². The zero-order valence-electron chi connectivity index (χ0n) is 11.3. The summed E-state index contributed by atoms with van der Waals surface area (Å²) in [5, 5.41) is 3.57. The van der Waals surface area contributed by atoms with Gasteiger partial charge in [-0.25, -0.2) is 0 Å². The van der Waals surface area contributed by atoms with Gasteiger partial charge in [-0.15, -0.1) is 0 Å². The molecule has 2 atom stereocenters. The van der Waals surface area contributed by atoms with Crippen LogP contribution in [0.4, 0.5) is 0 Å². The lowest BCUT2D eigenvalue weighted by Gasteiger charge is -2.20. The smallest absolute Gasteiger partial charge is 0.00204 e. The van der Waals surface area contributed by atoms with Gasteiger partial charge in [0.05, 0.1) is 0 Å². The van der Waals surface area contributed by atoms with E-state index in [9.17, 15) is 0 Å². The molecule has 92 valence electrons. The lowest BCUT2D eigenvalue weighted by atomic mass is 9.89. The predicted octanol–water partition coefficient (Wildman–Crippen LogP) is 4.23. The molecule has 0 aromatic rings. The Balaban J connectivity index is 3.70. The highest BCUT2D eigenvalue weighted by Crippen LogP contribution is 2.20. The third kappa shape index (κ3) is 8.92. The molecule has 0 aromatic carbocycles. The largest absolute Gasteiger partial charge is 0.316 e. The number of nitrogens with one attached hydrogen (secondary N) is 1. The molecule has 0 saturated heterocycles. The third-order valence-corrected chi connectivity index (χ3v) is 3.07. The van der Waals surface area contributed by atoms with Crippen molar-refractivity contribution in [3.63, 3.8) is 0 Å². The van der Waals surface area contributed by atoms with E-state index in [1.54, 1.807) is 0 Å². The van der Waals surface area contributed by atoms with Crippen molar-refractivity contribution in [1.82, 2.24) is 5.32 Å². The van der Waals surface area contributed by atoms with Gasteiger partial charge in [0.1, 0.15) is 0 Å². The van der Waals surface area contributed by atoms with Crippen LogP contribution in [0.15, 0.2) is 0 Å². The van der Waals surface area contributed by atoms with Crippen LogP contribution in [0.1, 0.15) is 66.2 Å². The van der Waals surface area contributed by atoms with Gasteiger partial charge in [-0.3, -0.25) is 0 Å². The van der Waals surface area contributed by atoms with E-state index in [1.165, 1.54) is 51.6 Å². The van der Waals surface area contributed by atoms with Gasteiger partial charge in [0, 0.05) is 0 Å². The molecule has 1 nitrogen and oxygen atoms in total. The number of rotatable bonds is 10. The number of hydrogen-bond acceptors (Lipinski definition) is 1. The first-order valence-corrected chi connectivity index (χ1v) is 6.95.